The summed E-state index contributed by atoms with van der Waals surface area (Å²) in [4.78, 5) is 16.4. The quantitative estimate of drug-likeness (QED) is 0.868. The Kier molecular flexibility index (Phi) is 3.29. The van der Waals surface area contributed by atoms with E-state index in [1.807, 2.05) is 20.8 Å². The fourth-order valence-electron chi connectivity index (χ4n) is 2.02. The molecule has 0 saturated carbocycles. The van der Waals surface area contributed by atoms with Crippen molar-refractivity contribution in [1.82, 2.24) is 4.98 Å². The van der Waals surface area contributed by atoms with Crippen molar-refractivity contribution in [2.24, 2.45) is 0 Å². The number of nitrogens with zero attached hydrogens (tertiary/aromatic N) is 1. The van der Waals surface area contributed by atoms with E-state index >= 15 is 0 Å². The molecule has 100 valence electrons. The van der Waals surface area contributed by atoms with Gasteiger partial charge in [0.1, 0.15) is 17.3 Å². The molecular weight excluding hydrogens is 242 g/mol. The lowest BCUT2D eigenvalue weighted by Crippen LogP contribution is -2.15. The number of nitrogens with two attached hydrogens (primary N) is 1. The van der Waals surface area contributed by atoms with E-state index in [4.69, 9.17) is 10.2 Å². The Morgan fingerprint density at radius 1 is 1.26 bits per heavy atom. The summed E-state index contributed by atoms with van der Waals surface area (Å²) in [5.74, 6) is 1.66. The van der Waals surface area contributed by atoms with Crippen molar-refractivity contribution in [1.29, 1.82) is 0 Å². The molecule has 2 aromatic rings. The van der Waals surface area contributed by atoms with Gasteiger partial charge in [0.05, 0.1) is 17.4 Å². The van der Waals surface area contributed by atoms with Crippen LogP contribution in [0.25, 0.3) is 0 Å². The maximum Gasteiger partial charge on any atom is 0.260 e. The first-order valence-electron chi connectivity index (χ1n) is 6.00. The highest BCUT2D eigenvalue weighted by Gasteiger charge is 2.19. The normalized spacial score (nSPS) is 10.5. The Morgan fingerprint density at radius 3 is 2.47 bits per heavy atom. The first-order valence-corrected chi connectivity index (χ1v) is 6.00. The maximum atomic E-state index is 12.3. The number of carbonyl (C=O) groups excluding carboxylic acids is 1. The van der Waals surface area contributed by atoms with Crippen LogP contribution in [-0.2, 0) is 0 Å². The smallest absolute Gasteiger partial charge is 0.260 e. The average molecular weight is 259 g/mol. The van der Waals surface area contributed by atoms with E-state index in [2.05, 4.69) is 10.3 Å². The molecule has 0 aromatic carbocycles. The van der Waals surface area contributed by atoms with Crippen LogP contribution in [0.1, 0.15) is 33.0 Å². The minimum atomic E-state index is -0.216. The summed E-state index contributed by atoms with van der Waals surface area (Å²) in [6.45, 7) is 7.33. The topological polar surface area (TPSA) is 81.1 Å². The molecule has 19 heavy (non-hydrogen) atoms. The Hall–Kier alpha value is -2.30. The zero-order valence-electron chi connectivity index (χ0n) is 11.5. The molecule has 3 N–H and O–H groups in total. The summed E-state index contributed by atoms with van der Waals surface area (Å²) in [5, 5.41) is 2.78. The van der Waals surface area contributed by atoms with Crippen LogP contribution in [0.15, 0.2) is 16.7 Å². The van der Waals surface area contributed by atoms with E-state index in [0.717, 1.165) is 16.9 Å². The first-order chi connectivity index (χ1) is 8.90. The van der Waals surface area contributed by atoms with Crippen LogP contribution in [0.4, 0.5) is 11.5 Å². The van der Waals surface area contributed by atoms with E-state index < -0.39 is 0 Å². The molecule has 2 aromatic heterocycles. The van der Waals surface area contributed by atoms with E-state index in [1.54, 1.807) is 13.0 Å². The van der Waals surface area contributed by atoms with Gasteiger partial charge in [0.15, 0.2) is 0 Å². The van der Waals surface area contributed by atoms with Crippen LogP contribution < -0.4 is 11.1 Å². The van der Waals surface area contributed by atoms with Crippen molar-refractivity contribution in [3.63, 3.8) is 0 Å². The zero-order valence-corrected chi connectivity index (χ0v) is 11.5. The summed E-state index contributed by atoms with van der Waals surface area (Å²) < 4.78 is 5.45. The number of nitrogens with one attached hydrogen (secondary N) is 1. The van der Waals surface area contributed by atoms with Crippen LogP contribution in [0.2, 0.25) is 0 Å². The first kappa shape index (κ1) is 13.1. The third-order valence-corrected chi connectivity index (χ3v) is 3.12. The van der Waals surface area contributed by atoms with Gasteiger partial charge in [-0.2, -0.15) is 0 Å². The van der Waals surface area contributed by atoms with Crippen LogP contribution in [0, 0.1) is 27.7 Å². The standard InChI is InChI=1S/C14H17N3O2/c1-7-5-11(15)6-16-13(7)17-14(18)12-8(2)9(3)19-10(12)4/h5-6H,15H2,1-4H3,(H,16,17,18). The lowest BCUT2D eigenvalue weighted by Gasteiger charge is -2.08. The van der Waals surface area contributed by atoms with Gasteiger partial charge in [0.25, 0.3) is 5.91 Å². The lowest BCUT2D eigenvalue weighted by atomic mass is 10.1. The highest BCUT2D eigenvalue weighted by molar-refractivity contribution is 6.06. The van der Waals surface area contributed by atoms with Gasteiger partial charge in [-0.1, -0.05) is 0 Å². The van der Waals surface area contributed by atoms with Crippen LogP contribution in [-0.4, -0.2) is 10.9 Å². The van der Waals surface area contributed by atoms with Gasteiger partial charge in [-0.3, -0.25) is 4.79 Å². The lowest BCUT2D eigenvalue weighted by molar-refractivity contribution is 0.102. The Bertz CT molecular complexity index is 644. The van der Waals surface area contributed by atoms with Crippen molar-refractivity contribution in [2.75, 3.05) is 11.1 Å². The largest absolute Gasteiger partial charge is 0.466 e. The van der Waals surface area contributed by atoms with Gasteiger partial charge >= 0.3 is 0 Å². The number of aromatic nitrogens is 1. The number of hydrogen-bond donors (Lipinski definition) is 2. The van der Waals surface area contributed by atoms with Gasteiger partial charge in [-0.15, -0.1) is 0 Å². The fourth-order valence-corrected chi connectivity index (χ4v) is 2.02. The van der Waals surface area contributed by atoms with E-state index in [9.17, 15) is 4.79 Å². The molecule has 1 amide bonds. The molecule has 5 nitrogen and oxygen atoms in total. The number of carbonyl (C=O) groups is 1. The molecule has 0 radical (unpaired) electrons. The summed E-state index contributed by atoms with van der Waals surface area (Å²) >= 11 is 0. The number of aryl methyl sites for hydroxylation is 3. The number of furan rings is 1. The highest BCUT2D eigenvalue weighted by Crippen LogP contribution is 2.22. The van der Waals surface area contributed by atoms with Gasteiger partial charge < -0.3 is 15.5 Å². The molecule has 0 unspecified atom stereocenters. The molecule has 2 rings (SSSR count). The van der Waals surface area contributed by atoms with E-state index in [1.165, 1.54) is 6.20 Å². The Morgan fingerprint density at radius 2 is 1.95 bits per heavy atom. The van der Waals surface area contributed by atoms with Crippen molar-refractivity contribution < 1.29 is 9.21 Å². The summed E-state index contributed by atoms with van der Waals surface area (Å²) in [7, 11) is 0. The molecule has 0 aliphatic heterocycles. The fraction of sp³-hybridized carbons (Fsp3) is 0.286. The number of pyridine rings is 1. The Labute approximate surface area is 111 Å². The van der Waals surface area contributed by atoms with Gasteiger partial charge in [-0.25, -0.2) is 4.98 Å². The molecule has 0 bridgehead atoms. The van der Waals surface area contributed by atoms with Crippen molar-refractivity contribution in [3.05, 3.63) is 40.5 Å². The second kappa shape index (κ2) is 4.76. The molecule has 0 saturated heterocycles. The van der Waals surface area contributed by atoms with E-state index in [0.29, 0.717) is 22.8 Å². The predicted octanol–water partition coefficient (Wildman–Crippen LogP) is 2.74. The number of anilines is 2. The van der Waals surface area contributed by atoms with Crippen molar-refractivity contribution in [3.8, 4) is 0 Å². The van der Waals surface area contributed by atoms with Crippen LogP contribution in [0.5, 0.6) is 0 Å². The number of rotatable bonds is 2. The van der Waals surface area contributed by atoms with Gasteiger partial charge in [0, 0.05) is 5.56 Å². The maximum absolute atomic E-state index is 12.3. The third kappa shape index (κ3) is 2.45. The van der Waals surface area contributed by atoms with Gasteiger partial charge in [0.2, 0.25) is 0 Å². The van der Waals surface area contributed by atoms with Crippen LogP contribution in [0.3, 0.4) is 0 Å². The average Bonchev–Trinajstić information content (AvgIpc) is 2.57. The molecule has 0 spiro atoms. The molecule has 0 aliphatic rings. The summed E-state index contributed by atoms with van der Waals surface area (Å²) in [6, 6.07) is 1.77. The minimum absolute atomic E-state index is 0.216. The van der Waals surface area contributed by atoms with Crippen molar-refractivity contribution >= 4 is 17.4 Å². The monoisotopic (exact) mass is 259 g/mol. The molecule has 0 aliphatic carbocycles. The number of amides is 1. The third-order valence-electron chi connectivity index (χ3n) is 3.12. The molecule has 0 fully saturated rings. The second-order valence-electron chi connectivity index (χ2n) is 4.60. The predicted molar refractivity (Wildman–Crippen MR) is 74.3 cm³/mol. The Balaban J connectivity index is 2.31. The molecule has 2 heterocycles. The summed E-state index contributed by atoms with van der Waals surface area (Å²) in [5.41, 5.74) is 8.44. The summed E-state index contributed by atoms with van der Waals surface area (Å²) in [6.07, 6.45) is 1.52. The van der Waals surface area contributed by atoms with Crippen molar-refractivity contribution in [2.45, 2.75) is 27.7 Å². The van der Waals surface area contributed by atoms with E-state index in [-0.39, 0.29) is 5.91 Å². The molecule has 0 atom stereocenters. The minimum Gasteiger partial charge on any atom is -0.466 e. The number of hydrogen-bond acceptors (Lipinski definition) is 4. The SMILES string of the molecule is Cc1cc(N)cnc1NC(=O)c1c(C)oc(C)c1C. The van der Waals surface area contributed by atoms with Gasteiger partial charge in [-0.05, 0) is 39.3 Å². The zero-order chi connectivity index (χ0) is 14.2. The number of nitrogen functional groups attached to an aromatic ring is 1. The highest BCUT2D eigenvalue weighted by atomic mass is 16.3. The second-order valence-corrected chi connectivity index (χ2v) is 4.60. The molecular formula is C14H17N3O2. The molecule has 5 heteroatoms. The van der Waals surface area contributed by atoms with Crippen LogP contribution >= 0.6 is 0 Å².